The number of anilines is 1. The summed E-state index contributed by atoms with van der Waals surface area (Å²) in [6.07, 6.45) is 1.65. The van der Waals surface area contributed by atoms with Gasteiger partial charge in [-0.05, 0) is 58.5 Å². The van der Waals surface area contributed by atoms with E-state index in [1.54, 1.807) is 43.5 Å². The molecule has 1 amide bonds. The van der Waals surface area contributed by atoms with E-state index >= 15 is 0 Å². The molecule has 0 heterocycles. The first-order chi connectivity index (χ1) is 12.0. The van der Waals surface area contributed by atoms with Crippen LogP contribution in [-0.2, 0) is 0 Å². The summed E-state index contributed by atoms with van der Waals surface area (Å²) < 4.78 is 11.4. The van der Waals surface area contributed by atoms with Gasteiger partial charge < -0.3 is 14.8 Å². The van der Waals surface area contributed by atoms with Crippen molar-refractivity contribution < 1.29 is 14.3 Å². The summed E-state index contributed by atoms with van der Waals surface area (Å²) in [6, 6.07) is 12.3. The van der Waals surface area contributed by atoms with Gasteiger partial charge in [-0.2, -0.15) is 0 Å². The zero-order valence-corrected chi connectivity index (χ0v) is 15.9. The van der Waals surface area contributed by atoms with Crippen LogP contribution in [0.15, 0.2) is 59.6 Å². The lowest BCUT2D eigenvalue weighted by Crippen LogP contribution is -2.34. The molecule has 5 nitrogen and oxygen atoms in total. The summed E-state index contributed by atoms with van der Waals surface area (Å²) in [5.74, 6) is 0.932. The Balaban J connectivity index is 2.04. The molecule has 0 spiro atoms. The van der Waals surface area contributed by atoms with Crippen LogP contribution in [0.3, 0.4) is 0 Å². The maximum atomic E-state index is 12.3. The number of hydrogen-bond donors (Lipinski definition) is 2. The molecular weight excluding hydrogens is 404 g/mol. The molecule has 7 heteroatoms. The van der Waals surface area contributed by atoms with Gasteiger partial charge in [-0.25, -0.2) is 0 Å². The smallest absolute Gasteiger partial charge is 0.257 e. The number of carbonyl (C=O) groups is 1. The highest BCUT2D eigenvalue weighted by Gasteiger charge is 2.12. The number of para-hydroxylation sites is 2. The molecule has 2 aromatic carbocycles. The lowest BCUT2D eigenvalue weighted by atomic mass is 10.2. The summed E-state index contributed by atoms with van der Waals surface area (Å²) in [7, 11) is 1.56. The zero-order valence-electron chi connectivity index (χ0n) is 13.5. The summed E-state index contributed by atoms with van der Waals surface area (Å²) >= 11 is 8.56. The van der Waals surface area contributed by atoms with Gasteiger partial charge in [0.2, 0.25) is 0 Å². The third-order valence-corrected chi connectivity index (χ3v) is 3.96. The maximum Gasteiger partial charge on any atom is 0.257 e. The molecule has 130 valence electrons. The monoisotopic (exact) mass is 420 g/mol. The number of halogens is 1. The fraction of sp³-hybridized carbons (Fsp3) is 0.111. The number of carbonyl (C=O) groups excluding carboxylic acids is 1. The van der Waals surface area contributed by atoms with Gasteiger partial charge in [0.1, 0.15) is 18.1 Å². The molecule has 25 heavy (non-hydrogen) atoms. The number of thiocarbonyl (C=S) groups is 1. The third kappa shape index (κ3) is 5.30. The minimum absolute atomic E-state index is 0.173. The normalized spacial score (nSPS) is 9.84. The van der Waals surface area contributed by atoms with E-state index < -0.39 is 0 Å². The van der Waals surface area contributed by atoms with E-state index in [1.807, 2.05) is 12.1 Å². The van der Waals surface area contributed by atoms with Crippen molar-refractivity contribution in [3.63, 3.8) is 0 Å². The van der Waals surface area contributed by atoms with E-state index in [1.165, 1.54) is 0 Å². The average molecular weight is 421 g/mol. The van der Waals surface area contributed by atoms with Gasteiger partial charge in [0.25, 0.3) is 5.91 Å². The summed E-state index contributed by atoms with van der Waals surface area (Å²) in [5, 5.41) is 5.77. The van der Waals surface area contributed by atoms with E-state index in [9.17, 15) is 4.79 Å². The van der Waals surface area contributed by atoms with E-state index in [0.29, 0.717) is 33.8 Å². The Kier molecular flexibility index (Phi) is 6.97. The SMILES string of the molecule is C=CCOc1ccccc1NC(=S)NC(=O)c1ccc(OC)c(Br)c1. The lowest BCUT2D eigenvalue weighted by Gasteiger charge is -2.14. The Morgan fingerprint density at radius 3 is 2.72 bits per heavy atom. The highest BCUT2D eigenvalue weighted by Crippen LogP contribution is 2.26. The number of ether oxygens (including phenoxy) is 2. The van der Waals surface area contributed by atoms with Gasteiger partial charge in [0.15, 0.2) is 5.11 Å². The van der Waals surface area contributed by atoms with Crippen molar-refractivity contribution in [3.05, 3.63) is 65.2 Å². The molecule has 0 bridgehead atoms. The molecule has 0 aliphatic rings. The largest absolute Gasteiger partial charge is 0.496 e. The van der Waals surface area contributed by atoms with Gasteiger partial charge in [-0.3, -0.25) is 10.1 Å². The standard InChI is InChI=1S/C18H17BrN2O3S/c1-3-10-24-16-7-5-4-6-14(16)20-18(25)21-17(22)12-8-9-15(23-2)13(19)11-12/h3-9,11H,1,10H2,2H3,(H2,20,21,22,25). The summed E-state index contributed by atoms with van der Waals surface area (Å²) in [5.41, 5.74) is 1.11. The van der Waals surface area contributed by atoms with Crippen molar-refractivity contribution in [2.75, 3.05) is 19.0 Å². The van der Waals surface area contributed by atoms with Gasteiger partial charge in [-0.1, -0.05) is 24.8 Å². The van der Waals surface area contributed by atoms with Crippen molar-refractivity contribution in [2.24, 2.45) is 0 Å². The Hall–Kier alpha value is -2.38. The first-order valence-corrected chi connectivity index (χ1v) is 8.54. The first-order valence-electron chi connectivity index (χ1n) is 7.33. The van der Waals surface area contributed by atoms with Crippen LogP contribution in [-0.4, -0.2) is 24.7 Å². The second-order valence-electron chi connectivity index (χ2n) is 4.85. The molecule has 0 saturated heterocycles. The molecule has 2 N–H and O–H groups in total. The minimum Gasteiger partial charge on any atom is -0.496 e. The van der Waals surface area contributed by atoms with Crippen LogP contribution in [0.1, 0.15) is 10.4 Å². The summed E-state index contributed by atoms with van der Waals surface area (Å²) in [6.45, 7) is 3.99. The second kappa shape index (κ2) is 9.19. The van der Waals surface area contributed by atoms with Gasteiger partial charge >= 0.3 is 0 Å². The molecule has 0 saturated carbocycles. The van der Waals surface area contributed by atoms with Crippen molar-refractivity contribution in [1.82, 2.24) is 5.32 Å². The second-order valence-corrected chi connectivity index (χ2v) is 6.12. The highest BCUT2D eigenvalue weighted by molar-refractivity contribution is 9.10. The Bertz CT molecular complexity index is 796. The average Bonchev–Trinajstić information content (AvgIpc) is 2.60. The molecule has 0 aliphatic heterocycles. The predicted octanol–water partition coefficient (Wildman–Crippen LogP) is 4.15. The van der Waals surface area contributed by atoms with Crippen LogP contribution < -0.4 is 20.1 Å². The van der Waals surface area contributed by atoms with Crippen LogP contribution in [0.5, 0.6) is 11.5 Å². The molecular formula is C18H17BrN2O3S. The van der Waals surface area contributed by atoms with Gasteiger partial charge in [0.05, 0.1) is 17.3 Å². The van der Waals surface area contributed by atoms with E-state index in [4.69, 9.17) is 21.7 Å². The van der Waals surface area contributed by atoms with Crippen molar-refractivity contribution in [1.29, 1.82) is 0 Å². The highest BCUT2D eigenvalue weighted by atomic mass is 79.9. The van der Waals surface area contributed by atoms with Gasteiger partial charge in [-0.15, -0.1) is 0 Å². The van der Waals surface area contributed by atoms with Crippen molar-refractivity contribution >= 4 is 44.9 Å². The molecule has 0 atom stereocenters. The Morgan fingerprint density at radius 2 is 2.04 bits per heavy atom. The number of benzene rings is 2. The molecule has 2 aromatic rings. The number of rotatable bonds is 6. The van der Waals surface area contributed by atoms with E-state index in [-0.39, 0.29) is 11.0 Å². The van der Waals surface area contributed by atoms with Crippen LogP contribution in [0.4, 0.5) is 5.69 Å². The van der Waals surface area contributed by atoms with E-state index in [2.05, 4.69) is 33.1 Å². The molecule has 0 aromatic heterocycles. The number of nitrogens with one attached hydrogen (secondary N) is 2. The van der Waals surface area contributed by atoms with Crippen molar-refractivity contribution in [3.8, 4) is 11.5 Å². The molecule has 0 unspecified atom stereocenters. The zero-order chi connectivity index (χ0) is 18.2. The molecule has 0 fully saturated rings. The third-order valence-electron chi connectivity index (χ3n) is 3.13. The number of methoxy groups -OCH3 is 1. The number of amides is 1. The topological polar surface area (TPSA) is 59.6 Å². The van der Waals surface area contributed by atoms with E-state index in [0.717, 1.165) is 0 Å². The van der Waals surface area contributed by atoms with Crippen molar-refractivity contribution in [2.45, 2.75) is 0 Å². The summed E-state index contributed by atoms with van der Waals surface area (Å²) in [4.78, 5) is 12.3. The van der Waals surface area contributed by atoms with Gasteiger partial charge in [0, 0.05) is 5.56 Å². The Labute approximate surface area is 160 Å². The fourth-order valence-corrected chi connectivity index (χ4v) is 2.72. The molecule has 2 rings (SSSR count). The van der Waals surface area contributed by atoms with Crippen LogP contribution in [0.25, 0.3) is 0 Å². The van der Waals surface area contributed by atoms with Crippen LogP contribution in [0.2, 0.25) is 0 Å². The molecule has 0 aliphatic carbocycles. The molecule has 0 radical (unpaired) electrons. The van der Waals surface area contributed by atoms with Crippen LogP contribution in [0, 0.1) is 0 Å². The first kappa shape index (κ1) is 19.0. The lowest BCUT2D eigenvalue weighted by molar-refractivity contribution is 0.0977. The van der Waals surface area contributed by atoms with Crippen LogP contribution >= 0.6 is 28.1 Å². The minimum atomic E-state index is -0.328. The fourth-order valence-electron chi connectivity index (χ4n) is 1.98. The predicted molar refractivity (Wildman–Crippen MR) is 107 cm³/mol. The number of hydrogen-bond acceptors (Lipinski definition) is 4. The quantitative estimate of drug-likeness (QED) is 0.542. The maximum absolute atomic E-state index is 12.3. The Morgan fingerprint density at radius 1 is 1.28 bits per heavy atom.